The van der Waals surface area contributed by atoms with Crippen molar-refractivity contribution in [3.05, 3.63) is 24.4 Å². The molecule has 2 fully saturated rings. The fourth-order valence-electron chi connectivity index (χ4n) is 3.46. The SMILES string of the molecule is C[C@@H](CN1CCOCC1)NC(=O)NC1CCN(c2ccccn2)CC1. The van der Waals surface area contributed by atoms with Gasteiger partial charge in [-0.05, 0) is 31.9 Å². The second-order valence-corrected chi connectivity index (χ2v) is 6.88. The van der Waals surface area contributed by atoms with E-state index in [9.17, 15) is 4.79 Å². The van der Waals surface area contributed by atoms with Gasteiger partial charge < -0.3 is 20.3 Å². The zero-order valence-electron chi connectivity index (χ0n) is 15.0. The van der Waals surface area contributed by atoms with Crippen LogP contribution in [0.15, 0.2) is 24.4 Å². The molecule has 25 heavy (non-hydrogen) atoms. The summed E-state index contributed by atoms with van der Waals surface area (Å²) in [7, 11) is 0. The summed E-state index contributed by atoms with van der Waals surface area (Å²) in [4.78, 5) is 21.2. The normalized spacial score (nSPS) is 20.9. The highest BCUT2D eigenvalue weighted by molar-refractivity contribution is 5.74. The van der Waals surface area contributed by atoms with Crippen LogP contribution in [0, 0.1) is 0 Å². The van der Waals surface area contributed by atoms with E-state index >= 15 is 0 Å². The Morgan fingerprint density at radius 1 is 1.28 bits per heavy atom. The number of amides is 2. The first-order valence-electron chi connectivity index (χ1n) is 9.24. The molecule has 7 heteroatoms. The Morgan fingerprint density at radius 3 is 2.72 bits per heavy atom. The number of nitrogens with zero attached hydrogens (tertiary/aromatic N) is 3. The Kier molecular flexibility index (Phi) is 6.47. The molecule has 1 aromatic heterocycles. The van der Waals surface area contributed by atoms with Gasteiger partial charge in [0.2, 0.25) is 0 Å². The van der Waals surface area contributed by atoms with Crippen molar-refractivity contribution in [2.75, 3.05) is 50.8 Å². The first-order chi connectivity index (χ1) is 12.2. The lowest BCUT2D eigenvalue weighted by atomic mass is 10.1. The van der Waals surface area contributed by atoms with Gasteiger partial charge in [0.05, 0.1) is 13.2 Å². The van der Waals surface area contributed by atoms with Gasteiger partial charge in [0.1, 0.15) is 5.82 Å². The van der Waals surface area contributed by atoms with Crippen molar-refractivity contribution in [2.45, 2.75) is 31.8 Å². The molecule has 3 heterocycles. The number of morpholine rings is 1. The fourth-order valence-corrected chi connectivity index (χ4v) is 3.46. The molecule has 1 aromatic rings. The van der Waals surface area contributed by atoms with Crippen LogP contribution in [0.4, 0.5) is 10.6 Å². The molecule has 0 aromatic carbocycles. The van der Waals surface area contributed by atoms with Crippen LogP contribution in [-0.2, 0) is 4.74 Å². The number of nitrogens with one attached hydrogen (secondary N) is 2. The van der Waals surface area contributed by atoms with E-state index in [1.165, 1.54) is 0 Å². The number of hydrogen-bond donors (Lipinski definition) is 2. The van der Waals surface area contributed by atoms with E-state index in [0.29, 0.717) is 0 Å². The number of piperidine rings is 1. The Bertz CT molecular complexity index is 528. The van der Waals surface area contributed by atoms with Crippen molar-refractivity contribution in [2.24, 2.45) is 0 Å². The summed E-state index contributed by atoms with van der Waals surface area (Å²) in [5.41, 5.74) is 0. The van der Waals surface area contributed by atoms with Crippen LogP contribution >= 0.6 is 0 Å². The molecule has 0 spiro atoms. The molecule has 0 unspecified atom stereocenters. The van der Waals surface area contributed by atoms with Crippen molar-refractivity contribution in [1.29, 1.82) is 0 Å². The molecule has 0 aliphatic carbocycles. The van der Waals surface area contributed by atoms with E-state index in [1.807, 2.05) is 24.4 Å². The lowest BCUT2D eigenvalue weighted by Crippen LogP contribution is -2.52. The standard InChI is InChI=1S/C18H29N5O2/c1-15(14-22-10-12-25-13-11-22)20-18(24)21-16-5-8-23(9-6-16)17-4-2-3-7-19-17/h2-4,7,15-16H,5-6,8-14H2,1H3,(H2,20,21,24)/t15-/m0/s1. The van der Waals surface area contributed by atoms with Crippen LogP contribution in [0.5, 0.6) is 0 Å². The van der Waals surface area contributed by atoms with Crippen LogP contribution < -0.4 is 15.5 Å². The minimum Gasteiger partial charge on any atom is -0.379 e. The highest BCUT2D eigenvalue weighted by Crippen LogP contribution is 2.17. The quantitative estimate of drug-likeness (QED) is 0.834. The molecule has 138 valence electrons. The van der Waals surface area contributed by atoms with Crippen molar-refractivity contribution in [3.8, 4) is 0 Å². The Hall–Kier alpha value is -1.86. The minimum atomic E-state index is -0.0583. The van der Waals surface area contributed by atoms with Gasteiger partial charge in [-0.25, -0.2) is 9.78 Å². The van der Waals surface area contributed by atoms with Crippen LogP contribution in [0.2, 0.25) is 0 Å². The largest absolute Gasteiger partial charge is 0.379 e. The summed E-state index contributed by atoms with van der Waals surface area (Å²) < 4.78 is 5.35. The van der Waals surface area contributed by atoms with Gasteiger partial charge in [-0.1, -0.05) is 6.07 Å². The van der Waals surface area contributed by atoms with E-state index in [4.69, 9.17) is 4.74 Å². The summed E-state index contributed by atoms with van der Waals surface area (Å²) in [6.07, 6.45) is 3.71. The number of urea groups is 1. The summed E-state index contributed by atoms with van der Waals surface area (Å²) in [6, 6.07) is 6.28. The first kappa shape index (κ1) is 17.9. The summed E-state index contributed by atoms with van der Waals surface area (Å²) in [5.74, 6) is 1.02. The van der Waals surface area contributed by atoms with Crippen molar-refractivity contribution in [1.82, 2.24) is 20.5 Å². The lowest BCUT2D eigenvalue weighted by Gasteiger charge is -2.33. The molecule has 7 nitrogen and oxygen atoms in total. The number of carbonyl (C=O) groups is 1. The maximum Gasteiger partial charge on any atom is 0.315 e. The third-order valence-electron chi connectivity index (χ3n) is 4.82. The molecule has 3 rings (SSSR count). The minimum absolute atomic E-state index is 0.0583. The second kappa shape index (κ2) is 9.01. The van der Waals surface area contributed by atoms with Crippen LogP contribution in [0.3, 0.4) is 0 Å². The molecule has 2 saturated heterocycles. The second-order valence-electron chi connectivity index (χ2n) is 6.88. The van der Waals surface area contributed by atoms with E-state index in [0.717, 1.165) is 64.6 Å². The lowest BCUT2D eigenvalue weighted by molar-refractivity contribution is 0.0349. The predicted molar refractivity (Wildman–Crippen MR) is 97.9 cm³/mol. The van der Waals surface area contributed by atoms with Crippen LogP contribution in [-0.4, -0.2) is 73.9 Å². The number of anilines is 1. The van der Waals surface area contributed by atoms with Crippen molar-refractivity contribution in [3.63, 3.8) is 0 Å². The molecular weight excluding hydrogens is 318 g/mol. The van der Waals surface area contributed by atoms with Crippen LogP contribution in [0.25, 0.3) is 0 Å². The van der Waals surface area contributed by atoms with Gasteiger partial charge in [-0.3, -0.25) is 4.90 Å². The molecule has 0 saturated carbocycles. The predicted octanol–water partition coefficient (Wildman–Crippen LogP) is 1.07. The summed E-state index contributed by atoms with van der Waals surface area (Å²) >= 11 is 0. The van der Waals surface area contributed by atoms with E-state index in [-0.39, 0.29) is 18.1 Å². The highest BCUT2D eigenvalue weighted by atomic mass is 16.5. The molecule has 1 atom stereocenters. The van der Waals surface area contributed by atoms with Gasteiger partial charge >= 0.3 is 6.03 Å². The molecule has 0 bridgehead atoms. The van der Waals surface area contributed by atoms with E-state index in [1.54, 1.807) is 0 Å². The van der Waals surface area contributed by atoms with Crippen molar-refractivity contribution >= 4 is 11.8 Å². The number of aromatic nitrogens is 1. The average molecular weight is 347 g/mol. The van der Waals surface area contributed by atoms with Gasteiger partial charge in [-0.2, -0.15) is 0 Å². The molecule has 2 aliphatic rings. The monoisotopic (exact) mass is 347 g/mol. The number of hydrogen-bond acceptors (Lipinski definition) is 5. The average Bonchev–Trinajstić information content (AvgIpc) is 2.63. The number of pyridine rings is 1. The molecular formula is C18H29N5O2. The maximum atomic E-state index is 12.2. The maximum absolute atomic E-state index is 12.2. The van der Waals surface area contributed by atoms with Gasteiger partial charge in [0.15, 0.2) is 0 Å². The zero-order chi connectivity index (χ0) is 17.5. The fraction of sp³-hybridized carbons (Fsp3) is 0.667. The number of rotatable bonds is 5. The highest BCUT2D eigenvalue weighted by Gasteiger charge is 2.22. The van der Waals surface area contributed by atoms with E-state index in [2.05, 4.69) is 32.3 Å². The molecule has 0 radical (unpaired) electrons. The topological polar surface area (TPSA) is 69.7 Å². The van der Waals surface area contributed by atoms with Gasteiger partial charge in [0.25, 0.3) is 0 Å². The van der Waals surface area contributed by atoms with Crippen LogP contribution in [0.1, 0.15) is 19.8 Å². The molecule has 2 aliphatic heterocycles. The third kappa shape index (κ3) is 5.57. The third-order valence-corrected chi connectivity index (χ3v) is 4.82. The smallest absolute Gasteiger partial charge is 0.315 e. The number of ether oxygens (including phenoxy) is 1. The van der Waals surface area contributed by atoms with Gasteiger partial charge in [-0.15, -0.1) is 0 Å². The Morgan fingerprint density at radius 2 is 2.04 bits per heavy atom. The molecule has 2 N–H and O–H groups in total. The van der Waals surface area contributed by atoms with Gasteiger partial charge in [0, 0.05) is 51.0 Å². The Labute approximate surface area is 149 Å². The molecule has 2 amide bonds. The summed E-state index contributed by atoms with van der Waals surface area (Å²) in [6.45, 7) is 8.23. The zero-order valence-corrected chi connectivity index (χ0v) is 15.0. The van der Waals surface area contributed by atoms with E-state index < -0.39 is 0 Å². The van der Waals surface area contributed by atoms with Crippen molar-refractivity contribution < 1.29 is 9.53 Å². The number of carbonyl (C=O) groups excluding carboxylic acids is 1. The first-order valence-corrected chi connectivity index (χ1v) is 9.24. The summed E-state index contributed by atoms with van der Waals surface area (Å²) in [5, 5.41) is 6.18. The Balaban J connectivity index is 1.36.